The van der Waals surface area contributed by atoms with Crippen molar-refractivity contribution in [1.29, 1.82) is 0 Å². The molecule has 0 heterocycles. The van der Waals surface area contributed by atoms with Gasteiger partial charge >= 0.3 is 0 Å². The molecule has 1 aromatic carbocycles. The van der Waals surface area contributed by atoms with Crippen LogP contribution in [0.5, 0.6) is 0 Å². The Balaban J connectivity index is 1.99. The molecule has 1 aromatic rings. The van der Waals surface area contributed by atoms with Crippen molar-refractivity contribution in [2.75, 3.05) is 6.26 Å². The Labute approximate surface area is 119 Å². The SMILES string of the molecule is CS(=O)(=O)O[C@@H]1[C@@H](c2ccccc2)[C@H]2CC[C@@H]1C(=O)C2. The van der Waals surface area contributed by atoms with Crippen LogP contribution in [0.3, 0.4) is 0 Å². The second kappa shape index (κ2) is 4.97. The fourth-order valence-corrected chi connectivity index (χ4v) is 4.36. The second-order valence-electron chi connectivity index (χ2n) is 5.82. The minimum Gasteiger partial charge on any atom is -0.299 e. The van der Waals surface area contributed by atoms with Gasteiger partial charge in [-0.15, -0.1) is 0 Å². The highest BCUT2D eigenvalue weighted by atomic mass is 32.2. The Bertz CT molecular complexity index is 608. The number of benzene rings is 1. The van der Waals surface area contributed by atoms with Crippen LogP contribution in [0.4, 0.5) is 0 Å². The summed E-state index contributed by atoms with van der Waals surface area (Å²) in [5.41, 5.74) is 1.07. The lowest BCUT2D eigenvalue weighted by Crippen LogP contribution is -2.49. The lowest BCUT2D eigenvalue weighted by atomic mass is 9.60. The van der Waals surface area contributed by atoms with Crippen LogP contribution < -0.4 is 0 Å². The molecule has 2 bridgehead atoms. The van der Waals surface area contributed by atoms with Crippen LogP contribution in [0.25, 0.3) is 0 Å². The van der Waals surface area contributed by atoms with Gasteiger partial charge in [0.05, 0.1) is 12.4 Å². The summed E-state index contributed by atoms with van der Waals surface area (Å²) in [6.07, 6.45) is 2.79. The van der Waals surface area contributed by atoms with Gasteiger partial charge in [-0.25, -0.2) is 0 Å². The third-order valence-electron chi connectivity index (χ3n) is 4.45. The molecule has 4 nitrogen and oxygen atoms in total. The van der Waals surface area contributed by atoms with Gasteiger partial charge in [-0.1, -0.05) is 30.3 Å². The van der Waals surface area contributed by atoms with E-state index < -0.39 is 16.2 Å². The molecule has 0 aliphatic heterocycles. The van der Waals surface area contributed by atoms with Crippen molar-refractivity contribution >= 4 is 15.9 Å². The molecule has 0 amide bonds. The average molecular weight is 294 g/mol. The summed E-state index contributed by atoms with van der Waals surface area (Å²) in [5, 5.41) is 0. The Morgan fingerprint density at radius 1 is 1.15 bits per heavy atom. The first-order valence-electron chi connectivity index (χ1n) is 6.91. The van der Waals surface area contributed by atoms with Crippen LogP contribution in [0.1, 0.15) is 30.7 Å². The van der Waals surface area contributed by atoms with Crippen LogP contribution in [0, 0.1) is 11.8 Å². The molecule has 5 heteroatoms. The zero-order chi connectivity index (χ0) is 14.3. The zero-order valence-corrected chi connectivity index (χ0v) is 12.2. The van der Waals surface area contributed by atoms with E-state index in [-0.39, 0.29) is 23.5 Å². The molecule has 4 rings (SSSR count). The molecular formula is C15H18O4S. The third kappa shape index (κ3) is 2.52. The quantitative estimate of drug-likeness (QED) is 0.801. The van der Waals surface area contributed by atoms with Gasteiger partial charge in [0.25, 0.3) is 10.1 Å². The van der Waals surface area contributed by atoms with Gasteiger partial charge in [-0.2, -0.15) is 8.42 Å². The number of Topliss-reactive ketones (excluding diaryl/α,β-unsaturated/α-hetero) is 1. The molecule has 3 aliphatic carbocycles. The highest BCUT2D eigenvalue weighted by Crippen LogP contribution is 2.49. The van der Waals surface area contributed by atoms with Crippen LogP contribution in [-0.2, 0) is 19.1 Å². The zero-order valence-electron chi connectivity index (χ0n) is 11.4. The lowest BCUT2D eigenvalue weighted by molar-refractivity contribution is -0.136. The largest absolute Gasteiger partial charge is 0.299 e. The molecular weight excluding hydrogens is 276 g/mol. The minimum absolute atomic E-state index is 0.00220. The number of carbonyl (C=O) groups is 1. The van der Waals surface area contributed by atoms with Crippen molar-refractivity contribution in [3.8, 4) is 0 Å². The van der Waals surface area contributed by atoms with Gasteiger partial charge in [0.15, 0.2) is 0 Å². The first-order chi connectivity index (χ1) is 9.46. The van der Waals surface area contributed by atoms with E-state index in [0.717, 1.165) is 24.7 Å². The normalized spacial score (nSPS) is 33.4. The number of ketones is 1. The molecule has 0 N–H and O–H groups in total. The molecule has 3 saturated carbocycles. The maximum Gasteiger partial charge on any atom is 0.264 e. The van der Waals surface area contributed by atoms with Crippen molar-refractivity contribution in [3.63, 3.8) is 0 Å². The molecule has 0 unspecified atom stereocenters. The van der Waals surface area contributed by atoms with Crippen LogP contribution >= 0.6 is 0 Å². The first-order valence-corrected chi connectivity index (χ1v) is 8.73. The average Bonchev–Trinajstić information content (AvgIpc) is 2.38. The number of hydrogen-bond acceptors (Lipinski definition) is 4. The second-order valence-corrected chi connectivity index (χ2v) is 7.42. The Hall–Kier alpha value is -1.20. The van der Waals surface area contributed by atoms with E-state index in [0.29, 0.717) is 6.42 Å². The van der Waals surface area contributed by atoms with Crippen molar-refractivity contribution in [1.82, 2.24) is 0 Å². The van der Waals surface area contributed by atoms with E-state index in [1.165, 1.54) is 0 Å². The summed E-state index contributed by atoms with van der Waals surface area (Å²) in [6, 6.07) is 9.80. The molecule has 0 spiro atoms. The highest BCUT2D eigenvalue weighted by Gasteiger charge is 2.50. The van der Waals surface area contributed by atoms with Crippen molar-refractivity contribution < 1.29 is 17.4 Å². The summed E-state index contributed by atoms with van der Waals surface area (Å²) in [4.78, 5) is 12.1. The van der Waals surface area contributed by atoms with E-state index in [2.05, 4.69) is 0 Å². The molecule has 108 valence electrons. The molecule has 4 atom stereocenters. The van der Waals surface area contributed by atoms with Gasteiger partial charge in [0, 0.05) is 18.3 Å². The Kier molecular flexibility index (Phi) is 3.42. The van der Waals surface area contributed by atoms with Crippen molar-refractivity contribution in [2.24, 2.45) is 11.8 Å². The highest BCUT2D eigenvalue weighted by molar-refractivity contribution is 7.86. The van der Waals surface area contributed by atoms with E-state index in [1.54, 1.807) is 0 Å². The molecule has 0 radical (unpaired) electrons. The lowest BCUT2D eigenvalue weighted by Gasteiger charge is -2.46. The van der Waals surface area contributed by atoms with Crippen molar-refractivity contribution in [2.45, 2.75) is 31.3 Å². The first kappa shape index (κ1) is 13.8. The number of fused-ring (bicyclic) bond motifs is 3. The fourth-order valence-electron chi connectivity index (χ4n) is 3.70. The van der Waals surface area contributed by atoms with E-state index in [9.17, 15) is 13.2 Å². The topological polar surface area (TPSA) is 60.4 Å². The number of carbonyl (C=O) groups excluding carboxylic acids is 1. The standard InChI is InChI=1S/C15H18O4S/c1-20(17,18)19-15-12-8-7-11(9-13(12)16)14(15)10-5-3-2-4-6-10/h2-6,11-12,14-15H,7-9H2,1H3/t11-,12+,14-,15-/m0/s1. The van der Waals surface area contributed by atoms with Gasteiger partial charge in [0.2, 0.25) is 0 Å². The number of rotatable bonds is 3. The van der Waals surface area contributed by atoms with E-state index >= 15 is 0 Å². The molecule has 0 aromatic heterocycles. The summed E-state index contributed by atoms with van der Waals surface area (Å²) in [6.45, 7) is 0. The van der Waals surface area contributed by atoms with Gasteiger partial charge in [-0.3, -0.25) is 8.98 Å². The molecule has 20 heavy (non-hydrogen) atoms. The van der Waals surface area contributed by atoms with Gasteiger partial charge in [0.1, 0.15) is 5.78 Å². The molecule has 3 fully saturated rings. The smallest absolute Gasteiger partial charge is 0.264 e. The maximum atomic E-state index is 12.1. The predicted molar refractivity (Wildman–Crippen MR) is 74.7 cm³/mol. The van der Waals surface area contributed by atoms with Crippen LogP contribution in [-0.4, -0.2) is 26.6 Å². The van der Waals surface area contributed by atoms with Crippen LogP contribution in [0.15, 0.2) is 30.3 Å². The van der Waals surface area contributed by atoms with Crippen molar-refractivity contribution in [3.05, 3.63) is 35.9 Å². The summed E-state index contributed by atoms with van der Waals surface area (Å²) in [5.74, 6) is 0.0750. The summed E-state index contributed by atoms with van der Waals surface area (Å²) >= 11 is 0. The van der Waals surface area contributed by atoms with Crippen LogP contribution in [0.2, 0.25) is 0 Å². The number of hydrogen-bond donors (Lipinski definition) is 0. The van der Waals surface area contributed by atoms with Gasteiger partial charge in [-0.05, 0) is 24.3 Å². The van der Waals surface area contributed by atoms with E-state index in [1.807, 2.05) is 30.3 Å². The summed E-state index contributed by atoms with van der Waals surface area (Å²) < 4.78 is 28.4. The predicted octanol–water partition coefficient (Wildman–Crippen LogP) is 2.11. The maximum absolute atomic E-state index is 12.1. The Morgan fingerprint density at radius 3 is 2.45 bits per heavy atom. The monoisotopic (exact) mass is 294 g/mol. The summed E-state index contributed by atoms with van der Waals surface area (Å²) in [7, 11) is -3.56. The minimum atomic E-state index is -3.56. The van der Waals surface area contributed by atoms with Gasteiger partial charge < -0.3 is 0 Å². The molecule has 0 saturated heterocycles. The Morgan fingerprint density at radius 2 is 1.85 bits per heavy atom. The third-order valence-corrected chi connectivity index (χ3v) is 5.03. The van der Waals surface area contributed by atoms with E-state index in [4.69, 9.17) is 4.18 Å². The fraction of sp³-hybridized carbons (Fsp3) is 0.533. The molecule has 3 aliphatic rings.